The van der Waals surface area contributed by atoms with Gasteiger partial charge in [0.15, 0.2) is 0 Å². The maximum absolute atomic E-state index is 12.3. The van der Waals surface area contributed by atoms with E-state index in [2.05, 4.69) is 43.3 Å². The molecule has 134 valence electrons. The molecular weight excluding hydrogens is 304 g/mol. The molecular formula is C18H30N4O2. The molecule has 0 bridgehead atoms. The van der Waals surface area contributed by atoms with Crippen molar-refractivity contribution in [1.82, 2.24) is 20.2 Å². The van der Waals surface area contributed by atoms with Gasteiger partial charge in [-0.3, -0.25) is 9.36 Å². The summed E-state index contributed by atoms with van der Waals surface area (Å²) in [6, 6.07) is 2.01. The van der Waals surface area contributed by atoms with Crippen molar-refractivity contribution in [1.29, 1.82) is 0 Å². The molecule has 2 N–H and O–H groups in total. The Kier molecular flexibility index (Phi) is 5.18. The number of aromatic nitrogens is 2. The highest BCUT2D eigenvalue weighted by Crippen LogP contribution is 2.28. The van der Waals surface area contributed by atoms with E-state index in [0.717, 1.165) is 18.5 Å². The molecule has 1 aliphatic heterocycles. The SMILES string of the molecule is Cc1cc(C)n(CCC(=O)NC2CC(C)(C)NC(C)(C)C2)c(=O)n1. The summed E-state index contributed by atoms with van der Waals surface area (Å²) in [4.78, 5) is 28.2. The topological polar surface area (TPSA) is 76.0 Å². The van der Waals surface area contributed by atoms with Gasteiger partial charge in [-0.25, -0.2) is 4.79 Å². The third kappa shape index (κ3) is 4.90. The number of amides is 1. The summed E-state index contributed by atoms with van der Waals surface area (Å²) < 4.78 is 1.56. The quantitative estimate of drug-likeness (QED) is 0.878. The highest BCUT2D eigenvalue weighted by molar-refractivity contribution is 5.76. The Morgan fingerprint density at radius 2 is 1.88 bits per heavy atom. The zero-order chi connectivity index (χ0) is 18.1. The Bertz CT molecular complexity index is 660. The largest absolute Gasteiger partial charge is 0.353 e. The van der Waals surface area contributed by atoms with E-state index in [1.165, 1.54) is 0 Å². The molecule has 1 saturated heterocycles. The highest BCUT2D eigenvalue weighted by Gasteiger charge is 2.38. The van der Waals surface area contributed by atoms with Crippen LogP contribution in [0.25, 0.3) is 0 Å². The maximum Gasteiger partial charge on any atom is 0.347 e. The van der Waals surface area contributed by atoms with Crippen LogP contribution < -0.4 is 16.3 Å². The Morgan fingerprint density at radius 3 is 2.42 bits per heavy atom. The third-order valence-corrected chi connectivity index (χ3v) is 4.46. The molecule has 0 atom stereocenters. The van der Waals surface area contributed by atoms with Crippen molar-refractivity contribution in [2.45, 2.75) is 84.5 Å². The van der Waals surface area contributed by atoms with E-state index in [-0.39, 0.29) is 35.1 Å². The van der Waals surface area contributed by atoms with E-state index in [1.54, 1.807) is 11.5 Å². The number of hydrogen-bond donors (Lipinski definition) is 2. The minimum absolute atomic E-state index is 0.00585. The van der Waals surface area contributed by atoms with Crippen molar-refractivity contribution in [3.05, 3.63) is 27.9 Å². The third-order valence-electron chi connectivity index (χ3n) is 4.46. The molecule has 0 spiro atoms. The van der Waals surface area contributed by atoms with Crippen LogP contribution in [0, 0.1) is 13.8 Å². The molecule has 0 radical (unpaired) electrons. The lowest BCUT2D eigenvalue weighted by molar-refractivity contribution is -0.122. The summed E-state index contributed by atoms with van der Waals surface area (Å²) in [6.07, 6.45) is 2.08. The van der Waals surface area contributed by atoms with E-state index in [1.807, 2.05) is 13.0 Å². The standard InChI is InChI=1S/C18H30N4O2/c1-12-9-13(2)22(16(24)19-12)8-7-15(23)20-14-10-17(3,4)21-18(5,6)11-14/h9,14,21H,7-8,10-11H2,1-6H3,(H,20,23). The number of hydrogen-bond acceptors (Lipinski definition) is 4. The van der Waals surface area contributed by atoms with Gasteiger partial charge in [0.25, 0.3) is 0 Å². The summed E-state index contributed by atoms with van der Waals surface area (Å²) >= 11 is 0. The fraction of sp³-hybridized carbons (Fsp3) is 0.722. The average Bonchev–Trinajstić information content (AvgIpc) is 2.32. The molecule has 1 aromatic heterocycles. The molecule has 0 unspecified atom stereocenters. The van der Waals surface area contributed by atoms with E-state index in [9.17, 15) is 9.59 Å². The van der Waals surface area contributed by atoms with Crippen LogP contribution in [0.1, 0.15) is 58.3 Å². The van der Waals surface area contributed by atoms with Crippen molar-refractivity contribution < 1.29 is 4.79 Å². The second-order valence-electron chi connectivity index (χ2n) is 8.29. The molecule has 0 saturated carbocycles. The van der Waals surface area contributed by atoms with Gasteiger partial charge in [0.1, 0.15) is 0 Å². The van der Waals surface area contributed by atoms with Gasteiger partial charge < -0.3 is 10.6 Å². The number of carbonyl (C=O) groups is 1. The minimum atomic E-state index is -0.288. The molecule has 6 nitrogen and oxygen atoms in total. The fourth-order valence-electron chi connectivity index (χ4n) is 3.98. The van der Waals surface area contributed by atoms with E-state index in [4.69, 9.17) is 0 Å². The first kappa shape index (κ1) is 18.6. The Hall–Kier alpha value is -1.69. The molecule has 2 heterocycles. The molecule has 0 aromatic carbocycles. The van der Waals surface area contributed by atoms with Gasteiger partial charge in [-0.1, -0.05) is 0 Å². The van der Waals surface area contributed by atoms with Gasteiger partial charge in [-0.2, -0.15) is 4.98 Å². The number of nitrogens with one attached hydrogen (secondary N) is 2. The van der Waals surface area contributed by atoms with Gasteiger partial charge in [0.2, 0.25) is 5.91 Å². The zero-order valence-corrected chi connectivity index (χ0v) is 15.7. The molecule has 2 rings (SSSR count). The first-order valence-electron chi connectivity index (χ1n) is 8.61. The predicted molar refractivity (Wildman–Crippen MR) is 95.0 cm³/mol. The average molecular weight is 334 g/mol. The van der Waals surface area contributed by atoms with Gasteiger partial charge >= 0.3 is 5.69 Å². The molecule has 1 fully saturated rings. The van der Waals surface area contributed by atoms with Crippen molar-refractivity contribution in [3.8, 4) is 0 Å². The molecule has 1 aliphatic rings. The first-order valence-corrected chi connectivity index (χ1v) is 8.61. The smallest absolute Gasteiger partial charge is 0.347 e. The van der Waals surface area contributed by atoms with Gasteiger partial charge in [-0.15, -0.1) is 0 Å². The van der Waals surface area contributed by atoms with Crippen LogP contribution in [0.3, 0.4) is 0 Å². The lowest BCUT2D eigenvalue weighted by Gasteiger charge is -2.46. The Morgan fingerprint density at radius 1 is 1.29 bits per heavy atom. The van der Waals surface area contributed by atoms with E-state index < -0.39 is 0 Å². The summed E-state index contributed by atoms with van der Waals surface area (Å²) in [5.41, 5.74) is 1.24. The van der Waals surface area contributed by atoms with Crippen LogP contribution in [0.5, 0.6) is 0 Å². The normalized spacial score (nSPS) is 19.9. The van der Waals surface area contributed by atoms with Gasteiger partial charge in [0.05, 0.1) is 0 Å². The van der Waals surface area contributed by atoms with Crippen LogP contribution >= 0.6 is 0 Å². The number of nitrogens with zero attached hydrogens (tertiary/aromatic N) is 2. The second kappa shape index (κ2) is 6.67. The molecule has 1 amide bonds. The van der Waals surface area contributed by atoms with Crippen molar-refractivity contribution >= 4 is 5.91 Å². The maximum atomic E-state index is 12.3. The summed E-state index contributed by atoms with van der Waals surface area (Å²) in [6.45, 7) is 12.7. The van der Waals surface area contributed by atoms with Crippen molar-refractivity contribution in [3.63, 3.8) is 0 Å². The van der Waals surface area contributed by atoms with Crippen LogP contribution in [-0.4, -0.2) is 32.6 Å². The minimum Gasteiger partial charge on any atom is -0.353 e. The molecule has 1 aromatic rings. The Balaban J connectivity index is 1.96. The van der Waals surface area contributed by atoms with Crippen LogP contribution in [0.4, 0.5) is 0 Å². The number of rotatable bonds is 4. The van der Waals surface area contributed by atoms with Crippen LogP contribution in [0.15, 0.2) is 10.9 Å². The van der Waals surface area contributed by atoms with Gasteiger partial charge in [0, 0.05) is 41.5 Å². The first-order chi connectivity index (χ1) is 11.0. The predicted octanol–water partition coefficient (Wildman–Crippen LogP) is 1.68. The van der Waals surface area contributed by atoms with E-state index in [0.29, 0.717) is 12.2 Å². The summed E-state index contributed by atoms with van der Waals surface area (Å²) in [7, 11) is 0. The summed E-state index contributed by atoms with van der Waals surface area (Å²) in [5.74, 6) is -0.0135. The zero-order valence-electron chi connectivity index (χ0n) is 15.7. The van der Waals surface area contributed by atoms with E-state index >= 15 is 0 Å². The lowest BCUT2D eigenvalue weighted by Crippen LogP contribution is -2.62. The Labute approximate surface area is 144 Å². The van der Waals surface area contributed by atoms with Crippen LogP contribution in [-0.2, 0) is 11.3 Å². The molecule has 24 heavy (non-hydrogen) atoms. The molecule has 0 aliphatic carbocycles. The van der Waals surface area contributed by atoms with Crippen molar-refractivity contribution in [2.75, 3.05) is 0 Å². The second-order valence-corrected chi connectivity index (χ2v) is 8.29. The number of carbonyl (C=O) groups excluding carboxylic acids is 1. The number of piperidine rings is 1. The van der Waals surface area contributed by atoms with Gasteiger partial charge in [-0.05, 0) is 60.5 Å². The lowest BCUT2D eigenvalue weighted by atomic mass is 9.79. The summed E-state index contributed by atoms with van der Waals surface area (Å²) in [5, 5.41) is 6.74. The fourth-order valence-corrected chi connectivity index (χ4v) is 3.98. The van der Waals surface area contributed by atoms with Crippen LogP contribution in [0.2, 0.25) is 0 Å². The molecule has 6 heteroatoms. The number of aryl methyl sites for hydroxylation is 2. The van der Waals surface area contributed by atoms with Crippen molar-refractivity contribution in [2.24, 2.45) is 0 Å². The monoisotopic (exact) mass is 334 g/mol. The highest BCUT2D eigenvalue weighted by atomic mass is 16.2.